The van der Waals surface area contributed by atoms with Gasteiger partial charge in [0.1, 0.15) is 0 Å². The summed E-state index contributed by atoms with van der Waals surface area (Å²) in [7, 11) is 0. The molecule has 0 bridgehead atoms. The maximum absolute atomic E-state index is 10.5. The molecule has 6 heteroatoms. The summed E-state index contributed by atoms with van der Waals surface area (Å²) in [6, 6.07) is 0. The number of allylic oxidation sites excluding steroid dienone is 2. The molecule has 144 valence electrons. The molecule has 0 aromatic carbocycles. The molecular formula is C19H32O6. The van der Waals surface area contributed by atoms with Crippen LogP contribution in [0.15, 0.2) is 24.3 Å². The lowest BCUT2D eigenvalue weighted by Crippen LogP contribution is -2.21. The number of unbranched alkanes of at least 4 members (excludes halogenated alkanes) is 1. The van der Waals surface area contributed by atoms with E-state index in [4.69, 9.17) is 9.84 Å². The second kappa shape index (κ2) is 12.2. The van der Waals surface area contributed by atoms with Gasteiger partial charge in [0, 0.05) is 25.4 Å². The number of rotatable bonds is 12. The average Bonchev–Trinajstić information content (AvgIpc) is 2.82. The third-order valence-electron chi connectivity index (χ3n) is 4.44. The Hall–Kier alpha value is -1.21. The molecule has 0 aromatic rings. The molecule has 1 aliphatic rings. The van der Waals surface area contributed by atoms with Gasteiger partial charge in [-0.25, -0.2) is 0 Å². The van der Waals surface area contributed by atoms with E-state index in [-0.39, 0.29) is 24.9 Å². The smallest absolute Gasteiger partial charge is 0.303 e. The Labute approximate surface area is 149 Å². The van der Waals surface area contributed by atoms with Crippen LogP contribution in [0.2, 0.25) is 0 Å². The molecule has 25 heavy (non-hydrogen) atoms. The van der Waals surface area contributed by atoms with Gasteiger partial charge in [0.2, 0.25) is 0 Å². The SMILES string of the molecule is CCCOCC(O)/C=C/C1C(O)CC(O)C1C/C=C/CCCC(=O)O. The number of carboxylic acid groups (broad SMARTS) is 1. The first-order valence-corrected chi connectivity index (χ1v) is 9.12. The Bertz CT molecular complexity index is 434. The predicted molar refractivity (Wildman–Crippen MR) is 95.1 cm³/mol. The van der Waals surface area contributed by atoms with Crippen molar-refractivity contribution < 1.29 is 30.0 Å². The molecule has 6 nitrogen and oxygen atoms in total. The average molecular weight is 356 g/mol. The van der Waals surface area contributed by atoms with Crippen LogP contribution in [-0.2, 0) is 9.53 Å². The van der Waals surface area contributed by atoms with Crippen LogP contribution in [0.1, 0.15) is 45.4 Å². The third kappa shape index (κ3) is 8.63. The molecular weight excluding hydrogens is 324 g/mol. The zero-order valence-corrected chi connectivity index (χ0v) is 15.0. The van der Waals surface area contributed by atoms with Crippen molar-refractivity contribution in [3.05, 3.63) is 24.3 Å². The molecule has 1 saturated carbocycles. The zero-order valence-electron chi connectivity index (χ0n) is 15.0. The fourth-order valence-electron chi connectivity index (χ4n) is 3.11. The summed E-state index contributed by atoms with van der Waals surface area (Å²) in [5.41, 5.74) is 0. The van der Waals surface area contributed by atoms with Crippen LogP contribution in [0.5, 0.6) is 0 Å². The van der Waals surface area contributed by atoms with E-state index in [0.29, 0.717) is 32.3 Å². The number of aliphatic hydroxyl groups is 3. The summed E-state index contributed by atoms with van der Waals surface area (Å²) < 4.78 is 5.29. The zero-order chi connectivity index (χ0) is 18.7. The van der Waals surface area contributed by atoms with Gasteiger partial charge in [-0.05, 0) is 31.6 Å². The summed E-state index contributed by atoms with van der Waals surface area (Å²) in [5.74, 6) is -1.11. The second-order valence-electron chi connectivity index (χ2n) is 6.63. The van der Waals surface area contributed by atoms with Crippen LogP contribution in [0.4, 0.5) is 0 Å². The van der Waals surface area contributed by atoms with Gasteiger partial charge >= 0.3 is 5.97 Å². The van der Waals surface area contributed by atoms with Crippen molar-refractivity contribution in [2.75, 3.05) is 13.2 Å². The molecule has 5 atom stereocenters. The summed E-state index contributed by atoms with van der Waals surface area (Å²) in [6.07, 6.45) is 8.62. The van der Waals surface area contributed by atoms with E-state index in [1.165, 1.54) is 0 Å². The number of carboxylic acids is 1. The molecule has 1 aliphatic carbocycles. The van der Waals surface area contributed by atoms with Gasteiger partial charge in [-0.1, -0.05) is 31.2 Å². The summed E-state index contributed by atoms with van der Waals surface area (Å²) in [4.78, 5) is 10.5. The van der Waals surface area contributed by atoms with E-state index < -0.39 is 24.3 Å². The van der Waals surface area contributed by atoms with Crippen molar-refractivity contribution >= 4 is 5.97 Å². The minimum Gasteiger partial charge on any atom is -0.481 e. The summed E-state index contributed by atoms with van der Waals surface area (Å²) >= 11 is 0. The van der Waals surface area contributed by atoms with Gasteiger partial charge in [-0.2, -0.15) is 0 Å². The highest BCUT2D eigenvalue weighted by molar-refractivity contribution is 5.66. The van der Waals surface area contributed by atoms with Gasteiger partial charge in [-0.15, -0.1) is 0 Å². The monoisotopic (exact) mass is 356 g/mol. The van der Waals surface area contributed by atoms with Crippen LogP contribution >= 0.6 is 0 Å². The Morgan fingerprint density at radius 1 is 1.28 bits per heavy atom. The maximum atomic E-state index is 10.5. The Morgan fingerprint density at radius 3 is 2.72 bits per heavy atom. The number of carbonyl (C=O) groups is 1. The van der Waals surface area contributed by atoms with Crippen molar-refractivity contribution in [1.82, 2.24) is 0 Å². The first kappa shape index (κ1) is 21.8. The topological polar surface area (TPSA) is 107 Å². The number of hydrogen-bond acceptors (Lipinski definition) is 5. The molecule has 0 saturated heterocycles. The van der Waals surface area contributed by atoms with E-state index in [1.807, 2.05) is 19.1 Å². The molecule has 0 amide bonds. The lowest BCUT2D eigenvalue weighted by atomic mass is 9.89. The van der Waals surface area contributed by atoms with Crippen LogP contribution in [0.25, 0.3) is 0 Å². The fourth-order valence-corrected chi connectivity index (χ4v) is 3.11. The number of aliphatic hydroxyl groups excluding tert-OH is 3. The summed E-state index contributed by atoms with van der Waals surface area (Å²) in [5, 5.41) is 38.8. The third-order valence-corrected chi connectivity index (χ3v) is 4.44. The molecule has 0 radical (unpaired) electrons. The standard InChI is InChI=1S/C19H32O6/c1-2-11-25-13-14(20)9-10-16-15(17(21)12-18(16)22)7-5-3-4-6-8-19(23)24/h3,5,9-10,14-18,20-22H,2,4,6-8,11-13H2,1H3,(H,23,24)/b5-3+,10-9+. The highest BCUT2D eigenvalue weighted by Crippen LogP contribution is 2.36. The fraction of sp³-hybridized carbons (Fsp3) is 0.737. The van der Waals surface area contributed by atoms with Crippen molar-refractivity contribution in [3.8, 4) is 0 Å². The maximum Gasteiger partial charge on any atom is 0.303 e. The molecule has 0 aromatic heterocycles. The van der Waals surface area contributed by atoms with Gasteiger partial charge in [0.25, 0.3) is 0 Å². The Morgan fingerprint density at radius 2 is 2.04 bits per heavy atom. The number of ether oxygens (including phenoxy) is 1. The van der Waals surface area contributed by atoms with Gasteiger partial charge in [-0.3, -0.25) is 4.79 Å². The van der Waals surface area contributed by atoms with Gasteiger partial charge in [0.15, 0.2) is 0 Å². The first-order valence-electron chi connectivity index (χ1n) is 9.12. The van der Waals surface area contributed by atoms with E-state index in [2.05, 4.69) is 0 Å². The van der Waals surface area contributed by atoms with Crippen LogP contribution in [0.3, 0.4) is 0 Å². The molecule has 5 unspecified atom stereocenters. The molecule has 1 fully saturated rings. The molecule has 0 heterocycles. The summed E-state index contributed by atoms with van der Waals surface area (Å²) in [6.45, 7) is 2.83. The van der Waals surface area contributed by atoms with E-state index in [0.717, 1.165) is 6.42 Å². The Kier molecular flexibility index (Phi) is 10.6. The van der Waals surface area contributed by atoms with E-state index >= 15 is 0 Å². The number of hydrogen-bond donors (Lipinski definition) is 4. The lowest BCUT2D eigenvalue weighted by molar-refractivity contribution is -0.137. The predicted octanol–water partition coefficient (Wildman–Crippen LogP) is 1.89. The molecule has 0 spiro atoms. The molecule has 1 rings (SSSR count). The van der Waals surface area contributed by atoms with Crippen LogP contribution in [0, 0.1) is 11.8 Å². The van der Waals surface area contributed by atoms with Crippen LogP contribution in [-0.4, -0.2) is 57.9 Å². The highest BCUT2D eigenvalue weighted by atomic mass is 16.5. The largest absolute Gasteiger partial charge is 0.481 e. The highest BCUT2D eigenvalue weighted by Gasteiger charge is 2.39. The quantitative estimate of drug-likeness (QED) is 0.314. The minimum atomic E-state index is -0.797. The molecule has 0 aliphatic heterocycles. The molecule has 4 N–H and O–H groups in total. The van der Waals surface area contributed by atoms with Crippen molar-refractivity contribution in [3.63, 3.8) is 0 Å². The Balaban J connectivity index is 2.46. The normalized spacial score (nSPS) is 28.2. The first-order chi connectivity index (χ1) is 12.0. The lowest BCUT2D eigenvalue weighted by Gasteiger charge is -2.19. The van der Waals surface area contributed by atoms with Crippen molar-refractivity contribution in [2.45, 2.75) is 63.8 Å². The van der Waals surface area contributed by atoms with Crippen molar-refractivity contribution in [2.24, 2.45) is 11.8 Å². The van der Waals surface area contributed by atoms with Gasteiger partial charge < -0.3 is 25.2 Å². The minimum absolute atomic E-state index is 0.106. The number of aliphatic carboxylic acids is 1. The van der Waals surface area contributed by atoms with Crippen LogP contribution < -0.4 is 0 Å². The van der Waals surface area contributed by atoms with E-state index in [1.54, 1.807) is 12.2 Å². The van der Waals surface area contributed by atoms with Crippen molar-refractivity contribution in [1.29, 1.82) is 0 Å². The van der Waals surface area contributed by atoms with Gasteiger partial charge in [0.05, 0.1) is 24.9 Å². The second-order valence-corrected chi connectivity index (χ2v) is 6.63. The van der Waals surface area contributed by atoms with E-state index in [9.17, 15) is 20.1 Å².